The molecule has 1 rings (SSSR count). The van der Waals surface area contributed by atoms with Gasteiger partial charge in [0.15, 0.2) is 0 Å². The summed E-state index contributed by atoms with van der Waals surface area (Å²) in [7, 11) is 0. The van der Waals surface area contributed by atoms with Crippen molar-refractivity contribution in [3.8, 4) is 0 Å². The zero-order chi connectivity index (χ0) is 12.8. The van der Waals surface area contributed by atoms with Crippen molar-refractivity contribution >= 4 is 17.2 Å². The molecule has 0 heterocycles. The molecule has 0 aliphatic rings. The van der Waals surface area contributed by atoms with E-state index in [1.54, 1.807) is 19.1 Å². The smallest absolute Gasteiger partial charge is 0.224 e. The Morgan fingerprint density at radius 3 is 2.71 bits per heavy atom. The Bertz CT molecular complexity index is 426. The maximum atomic E-state index is 13.6. The minimum atomic E-state index is -0.356. The highest BCUT2D eigenvalue weighted by atomic mass is 19.1. The van der Waals surface area contributed by atoms with Crippen LogP contribution in [0, 0.1) is 5.82 Å². The minimum Gasteiger partial charge on any atom is -0.326 e. The predicted molar refractivity (Wildman–Crippen MR) is 69.3 cm³/mol. The fraction of sp³-hybridized carbons (Fsp3) is 0.357. The Balaban J connectivity index is 2.70. The first-order chi connectivity index (χ1) is 8.04. The average Bonchev–Trinajstić information content (AvgIpc) is 2.26. The quantitative estimate of drug-likeness (QED) is 0.821. The van der Waals surface area contributed by atoms with E-state index < -0.39 is 0 Å². The van der Waals surface area contributed by atoms with Crippen LogP contribution in [0.2, 0.25) is 0 Å². The summed E-state index contributed by atoms with van der Waals surface area (Å²) in [5.74, 6) is -0.430. The van der Waals surface area contributed by atoms with Gasteiger partial charge in [0.2, 0.25) is 5.91 Å². The van der Waals surface area contributed by atoms with Gasteiger partial charge in [-0.1, -0.05) is 19.9 Å². The normalized spacial score (nSPS) is 10.1. The molecule has 0 bridgehead atoms. The zero-order valence-electron chi connectivity index (χ0n) is 10.3. The summed E-state index contributed by atoms with van der Waals surface area (Å²) in [4.78, 5) is 11.5. The molecule has 0 saturated heterocycles. The predicted octanol–water partition coefficient (Wildman–Crippen LogP) is 3.99. The van der Waals surface area contributed by atoms with E-state index in [9.17, 15) is 9.18 Å². The SMILES string of the molecule is C=C(C)c1ccc(NC(=O)CCCC)cc1F. The lowest BCUT2D eigenvalue weighted by Crippen LogP contribution is -2.11. The third-order valence-corrected chi connectivity index (χ3v) is 2.47. The number of hydrogen-bond acceptors (Lipinski definition) is 1. The van der Waals surface area contributed by atoms with Crippen LogP contribution in [-0.2, 0) is 4.79 Å². The minimum absolute atomic E-state index is 0.0747. The van der Waals surface area contributed by atoms with Crippen molar-refractivity contribution in [1.29, 1.82) is 0 Å². The van der Waals surface area contributed by atoms with Gasteiger partial charge in [-0.15, -0.1) is 0 Å². The molecule has 0 spiro atoms. The highest BCUT2D eigenvalue weighted by Gasteiger charge is 2.06. The van der Waals surface area contributed by atoms with Gasteiger partial charge < -0.3 is 5.32 Å². The molecule has 0 aliphatic heterocycles. The van der Waals surface area contributed by atoms with E-state index in [4.69, 9.17) is 0 Å². The molecule has 2 nitrogen and oxygen atoms in total. The van der Waals surface area contributed by atoms with Crippen LogP contribution >= 0.6 is 0 Å². The first-order valence-corrected chi connectivity index (χ1v) is 5.80. The standard InChI is InChI=1S/C14H18FNO/c1-4-5-6-14(17)16-11-7-8-12(10(2)3)13(15)9-11/h7-9H,2,4-6H2,1,3H3,(H,16,17). The van der Waals surface area contributed by atoms with Crippen molar-refractivity contribution in [2.75, 3.05) is 5.32 Å². The fourth-order valence-corrected chi connectivity index (χ4v) is 1.50. The van der Waals surface area contributed by atoms with Gasteiger partial charge in [0.05, 0.1) is 0 Å². The Labute approximate surface area is 102 Å². The molecule has 0 atom stereocenters. The first kappa shape index (κ1) is 13.4. The van der Waals surface area contributed by atoms with E-state index >= 15 is 0 Å². The highest BCUT2D eigenvalue weighted by Crippen LogP contribution is 2.20. The molecule has 0 saturated carbocycles. The second-order valence-corrected chi connectivity index (χ2v) is 4.13. The van der Waals surface area contributed by atoms with Crippen LogP contribution in [0.1, 0.15) is 38.7 Å². The molecule has 0 aliphatic carbocycles. The summed E-state index contributed by atoms with van der Waals surface area (Å²) >= 11 is 0. The molecule has 92 valence electrons. The van der Waals surface area contributed by atoms with Crippen LogP contribution in [0.25, 0.3) is 5.57 Å². The molecule has 1 N–H and O–H groups in total. The molecule has 0 radical (unpaired) electrons. The van der Waals surface area contributed by atoms with E-state index in [1.165, 1.54) is 6.07 Å². The number of nitrogens with one attached hydrogen (secondary N) is 1. The van der Waals surface area contributed by atoms with Crippen LogP contribution in [0.15, 0.2) is 24.8 Å². The lowest BCUT2D eigenvalue weighted by Gasteiger charge is -2.07. The van der Waals surface area contributed by atoms with E-state index in [0.717, 1.165) is 12.8 Å². The Morgan fingerprint density at radius 1 is 1.47 bits per heavy atom. The van der Waals surface area contributed by atoms with Crippen molar-refractivity contribution in [3.63, 3.8) is 0 Å². The molecule has 1 amide bonds. The number of carbonyl (C=O) groups is 1. The maximum Gasteiger partial charge on any atom is 0.224 e. The molecule has 0 unspecified atom stereocenters. The van der Waals surface area contributed by atoms with E-state index in [0.29, 0.717) is 23.2 Å². The summed E-state index contributed by atoms with van der Waals surface area (Å²) in [6, 6.07) is 4.65. The number of anilines is 1. The van der Waals surface area contributed by atoms with Crippen molar-refractivity contribution in [2.45, 2.75) is 33.1 Å². The second-order valence-electron chi connectivity index (χ2n) is 4.13. The molecule has 0 fully saturated rings. The van der Waals surface area contributed by atoms with Gasteiger partial charge >= 0.3 is 0 Å². The Kier molecular flexibility index (Phi) is 4.88. The molecule has 3 heteroatoms. The van der Waals surface area contributed by atoms with Gasteiger partial charge in [-0.05, 0) is 37.1 Å². The highest BCUT2D eigenvalue weighted by molar-refractivity contribution is 5.90. The van der Waals surface area contributed by atoms with Gasteiger partial charge in [-0.25, -0.2) is 4.39 Å². The van der Waals surface area contributed by atoms with E-state index in [-0.39, 0.29) is 11.7 Å². The second kappa shape index (κ2) is 6.18. The summed E-state index contributed by atoms with van der Waals surface area (Å²) in [5.41, 5.74) is 1.65. The Hall–Kier alpha value is -1.64. The zero-order valence-corrected chi connectivity index (χ0v) is 10.3. The number of amides is 1. The largest absolute Gasteiger partial charge is 0.326 e. The summed E-state index contributed by atoms with van der Waals surface area (Å²) in [6.45, 7) is 7.46. The number of benzene rings is 1. The molecule has 1 aromatic carbocycles. The number of unbranched alkanes of at least 4 members (excludes halogenated alkanes) is 1. The fourth-order valence-electron chi connectivity index (χ4n) is 1.50. The van der Waals surface area contributed by atoms with Crippen LogP contribution in [0.5, 0.6) is 0 Å². The van der Waals surface area contributed by atoms with Gasteiger partial charge in [0.1, 0.15) is 5.82 Å². The number of hydrogen-bond donors (Lipinski definition) is 1. The van der Waals surface area contributed by atoms with Crippen molar-refractivity contribution in [1.82, 2.24) is 0 Å². The van der Waals surface area contributed by atoms with Gasteiger partial charge in [-0.3, -0.25) is 4.79 Å². The van der Waals surface area contributed by atoms with Gasteiger partial charge in [0, 0.05) is 17.7 Å². The number of carbonyl (C=O) groups excluding carboxylic acids is 1. The van der Waals surface area contributed by atoms with E-state index in [1.807, 2.05) is 6.92 Å². The third kappa shape index (κ3) is 4.02. The maximum absolute atomic E-state index is 13.6. The molecule has 1 aromatic rings. The van der Waals surface area contributed by atoms with Crippen LogP contribution in [-0.4, -0.2) is 5.91 Å². The lowest BCUT2D eigenvalue weighted by atomic mass is 10.1. The van der Waals surface area contributed by atoms with Gasteiger partial charge in [-0.2, -0.15) is 0 Å². The monoisotopic (exact) mass is 235 g/mol. The van der Waals surface area contributed by atoms with Crippen LogP contribution < -0.4 is 5.32 Å². The first-order valence-electron chi connectivity index (χ1n) is 5.80. The lowest BCUT2D eigenvalue weighted by molar-refractivity contribution is -0.116. The summed E-state index contributed by atoms with van der Waals surface area (Å²) in [5, 5.41) is 2.68. The summed E-state index contributed by atoms with van der Waals surface area (Å²) in [6.07, 6.45) is 2.29. The Morgan fingerprint density at radius 2 is 2.18 bits per heavy atom. The van der Waals surface area contributed by atoms with E-state index in [2.05, 4.69) is 11.9 Å². The third-order valence-electron chi connectivity index (χ3n) is 2.47. The number of halogens is 1. The van der Waals surface area contributed by atoms with Crippen molar-refractivity contribution in [3.05, 3.63) is 36.2 Å². The number of rotatable bonds is 5. The summed E-state index contributed by atoms with van der Waals surface area (Å²) < 4.78 is 13.6. The topological polar surface area (TPSA) is 29.1 Å². The molecular formula is C14H18FNO. The molecule has 17 heavy (non-hydrogen) atoms. The van der Waals surface area contributed by atoms with Crippen molar-refractivity contribution < 1.29 is 9.18 Å². The van der Waals surface area contributed by atoms with Crippen LogP contribution in [0.4, 0.5) is 10.1 Å². The molecule has 0 aromatic heterocycles. The average molecular weight is 235 g/mol. The van der Waals surface area contributed by atoms with Crippen molar-refractivity contribution in [2.24, 2.45) is 0 Å². The molecular weight excluding hydrogens is 217 g/mol. The van der Waals surface area contributed by atoms with Crippen LogP contribution in [0.3, 0.4) is 0 Å². The number of allylic oxidation sites excluding steroid dienone is 1. The van der Waals surface area contributed by atoms with Gasteiger partial charge in [0.25, 0.3) is 0 Å².